The van der Waals surface area contributed by atoms with E-state index in [2.05, 4.69) is 5.32 Å². The van der Waals surface area contributed by atoms with E-state index in [0.717, 1.165) is 5.57 Å². The number of imide groups is 1. The third-order valence-electron chi connectivity index (χ3n) is 6.20. The van der Waals surface area contributed by atoms with Crippen molar-refractivity contribution in [2.75, 3.05) is 13.1 Å². The maximum absolute atomic E-state index is 13.2. The summed E-state index contributed by atoms with van der Waals surface area (Å²) in [6.45, 7) is 11.5. The van der Waals surface area contributed by atoms with E-state index in [0.29, 0.717) is 6.42 Å². The van der Waals surface area contributed by atoms with Crippen LogP contribution in [-0.2, 0) is 19.1 Å². The van der Waals surface area contributed by atoms with Crippen LogP contribution < -0.4 is 5.32 Å². The quantitative estimate of drug-likeness (QED) is 0.415. The zero-order chi connectivity index (χ0) is 21.0. The molecule has 0 aromatic rings. The van der Waals surface area contributed by atoms with Crippen molar-refractivity contribution >= 4 is 17.8 Å². The van der Waals surface area contributed by atoms with Gasteiger partial charge in [-0.2, -0.15) is 0 Å². The van der Waals surface area contributed by atoms with E-state index < -0.39 is 29.5 Å². The minimum atomic E-state index is -1.06. The van der Waals surface area contributed by atoms with Gasteiger partial charge >= 0.3 is 5.97 Å². The highest BCUT2D eigenvalue weighted by Crippen LogP contribution is 2.58. The molecule has 4 rings (SSSR count). The van der Waals surface area contributed by atoms with E-state index in [4.69, 9.17) is 4.74 Å². The number of rotatable bonds is 5. The maximum Gasteiger partial charge on any atom is 0.303 e. The molecule has 2 amide bonds. The Labute approximate surface area is 166 Å². The Kier molecular flexibility index (Phi) is 5.21. The van der Waals surface area contributed by atoms with Gasteiger partial charge in [0.1, 0.15) is 5.60 Å². The Morgan fingerprint density at radius 2 is 2.00 bits per heavy atom. The number of hydrogen-bond donors (Lipinski definition) is 2. The Morgan fingerprint density at radius 1 is 1.36 bits per heavy atom. The number of carbonyl (C=O) groups is 3. The number of fused-ring (bicyclic) bond motifs is 1. The second-order valence-corrected chi connectivity index (χ2v) is 9.72. The fourth-order valence-corrected chi connectivity index (χ4v) is 5.38. The van der Waals surface area contributed by atoms with Gasteiger partial charge in [0.2, 0.25) is 11.8 Å². The molecule has 2 bridgehead atoms. The van der Waals surface area contributed by atoms with Crippen molar-refractivity contribution in [1.29, 1.82) is 0 Å². The number of likely N-dealkylation sites (tertiary alicyclic amines) is 1. The van der Waals surface area contributed by atoms with Crippen LogP contribution in [-0.4, -0.2) is 58.1 Å². The van der Waals surface area contributed by atoms with Gasteiger partial charge in [0.05, 0.1) is 24.5 Å². The molecule has 7 heteroatoms. The fourth-order valence-electron chi connectivity index (χ4n) is 5.38. The molecule has 0 aromatic carbocycles. The first-order valence-electron chi connectivity index (χ1n) is 10.0. The number of amides is 2. The summed E-state index contributed by atoms with van der Waals surface area (Å²) in [4.78, 5) is 39.4. The highest BCUT2D eigenvalue weighted by molar-refractivity contribution is 6.07. The van der Waals surface area contributed by atoms with Crippen molar-refractivity contribution in [2.45, 2.75) is 65.2 Å². The molecule has 0 radical (unpaired) electrons. The van der Waals surface area contributed by atoms with Crippen LogP contribution in [0.15, 0.2) is 11.6 Å². The third-order valence-corrected chi connectivity index (χ3v) is 6.20. The molecule has 7 nitrogen and oxygen atoms in total. The molecule has 156 valence electrons. The highest BCUT2D eigenvalue weighted by atomic mass is 16.6. The van der Waals surface area contributed by atoms with Crippen molar-refractivity contribution in [2.24, 2.45) is 23.7 Å². The van der Waals surface area contributed by atoms with Gasteiger partial charge in [-0.25, -0.2) is 0 Å². The summed E-state index contributed by atoms with van der Waals surface area (Å²) >= 11 is 0. The van der Waals surface area contributed by atoms with Crippen LogP contribution in [0, 0.1) is 23.7 Å². The molecular weight excluding hydrogens is 360 g/mol. The Balaban J connectivity index is 1.86. The third kappa shape index (κ3) is 3.50. The molecule has 3 aliphatic carbocycles. The number of ether oxygens (including phenoxy) is 1. The highest BCUT2D eigenvalue weighted by Gasteiger charge is 2.67. The van der Waals surface area contributed by atoms with E-state index in [9.17, 15) is 19.5 Å². The van der Waals surface area contributed by atoms with Crippen LogP contribution in [0.2, 0.25) is 0 Å². The zero-order valence-corrected chi connectivity index (χ0v) is 17.6. The Hall–Kier alpha value is -1.73. The van der Waals surface area contributed by atoms with Gasteiger partial charge in [0.25, 0.3) is 0 Å². The van der Waals surface area contributed by atoms with Crippen molar-refractivity contribution in [1.82, 2.24) is 10.2 Å². The predicted octanol–water partition coefficient (Wildman–Crippen LogP) is 1.25. The number of allylic oxidation sites excluding steroid dienone is 1. The van der Waals surface area contributed by atoms with Crippen LogP contribution in [0.4, 0.5) is 0 Å². The molecule has 2 N–H and O–H groups in total. The smallest absolute Gasteiger partial charge is 0.303 e. The van der Waals surface area contributed by atoms with Crippen LogP contribution in [0.25, 0.3) is 0 Å². The van der Waals surface area contributed by atoms with Gasteiger partial charge in [0.15, 0.2) is 0 Å². The first-order valence-corrected chi connectivity index (χ1v) is 10.0. The number of aliphatic hydroxyl groups excluding tert-OH is 1. The van der Waals surface area contributed by atoms with Crippen molar-refractivity contribution in [3.63, 3.8) is 0 Å². The molecule has 1 saturated carbocycles. The normalized spacial score (nSPS) is 35.7. The summed E-state index contributed by atoms with van der Waals surface area (Å²) in [5.41, 5.74) is -0.243. The Bertz CT molecular complexity index is 725. The number of carbonyl (C=O) groups excluding carboxylic acids is 3. The summed E-state index contributed by atoms with van der Waals surface area (Å²) < 4.78 is 5.70. The van der Waals surface area contributed by atoms with Gasteiger partial charge < -0.3 is 15.2 Å². The number of β-amino-alcohol motifs (C(OH)–C–C–N with tert-alkyl or cyclic N) is 1. The summed E-state index contributed by atoms with van der Waals surface area (Å²) in [7, 11) is 0. The lowest BCUT2D eigenvalue weighted by Crippen LogP contribution is -2.57. The minimum Gasteiger partial charge on any atom is -0.454 e. The predicted molar refractivity (Wildman–Crippen MR) is 103 cm³/mol. The second kappa shape index (κ2) is 6.95. The van der Waals surface area contributed by atoms with Gasteiger partial charge in [-0.15, -0.1) is 0 Å². The van der Waals surface area contributed by atoms with Gasteiger partial charge in [-0.3, -0.25) is 19.3 Å². The van der Waals surface area contributed by atoms with Gasteiger partial charge in [-0.1, -0.05) is 12.5 Å². The number of aliphatic hydroxyl groups is 1. The topological polar surface area (TPSA) is 95.9 Å². The molecule has 1 saturated heterocycles. The zero-order valence-electron chi connectivity index (χ0n) is 17.6. The van der Waals surface area contributed by atoms with E-state index in [1.54, 1.807) is 0 Å². The first kappa shape index (κ1) is 21.0. The maximum atomic E-state index is 13.2. The summed E-state index contributed by atoms with van der Waals surface area (Å²) in [5.74, 6) is -2.18. The summed E-state index contributed by atoms with van der Waals surface area (Å²) in [5, 5.41) is 13.6. The number of nitrogens with one attached hydrogen (secondary N) is 1. The molecule has 4 aliphatic rings. The average Bonchev–Trinajstić information content (AvgIpc) is 2.77. The van der Waals surface area contributed by atoms with Crippen LogP contribution >= 0.6 is 0 Å². The number of esters is 1. The summed E-state index contributed by atoms with van der Waals surface area (Å²) in [6, 6.07) is 0. The van der Waals surface area contributed by atoms with Crippen molar-refractivity contribution < 1.29 is 24.2 Å². The summed E-state index contributed by atoms with van der Waals surface area (Å²) in [6.07, 6.45) is 1.56. The van der Waals surface area contributed by atoms with Gasteiger partial charge in [-0.05, 0) is 52.0 Å². The molecule has 0 aromatic heterocycles. The molecule has 1 aliphatic heterocycles. The number of hydrogen-bond acceptors (Lipinski definition) is 6. The molecule has 1 heterocycles. The van der Waals surface area contributed by atoms with Crippen LogP contribution in [0.5, 0.6) is 0 Å². The molecule has 6 unspecified atom stereocenters. The van der Waals surface area contributed by atoms with Crippen LogP contribution in [0.3, 0.4) is 0 Å². The molecule has 2 fully saturated rings. The van der Waals surface area contributed by atoms with Crippen molar-refractivity contribution in [3.05, 3.63) is 11.6 Å². The molecule has 0 spiro atoms. The van der Waals surface area contributed by atoms with E-state index >= 15 is 0 Å². The van der Waals surface area contributed by atoms with E-state index in [1.165, 1.54) is 11.8 Å². The minimum absolute atomic E-state index is 0.0336. The molecule has 28 heavy (non-hydrogen) atoms. The SMILES string of the molecule is CC(=O)OC12C=C(C)C(C(C)C1)C1C(=O)N(CC(O)CNC(C)(C)C)C(=O)C12. The fraction of sp³-hybridized carbons (Fsp3) is 0.762. The molecule has 6 atom stereocenters. The number of nitrogens with zero attached hydrogens (tertiary/aromatic N) is 1. The van der Waals surface area contributed by atoms with Crippen LogP contribution in [0.1, 0.15) is 48.0 Å². The largest absolute Gasteiger partial charge is 0.454 e. The van der Waals surface area contributed by atoms with Crippen molar-refractivity contribution in [3.8, 4) is 0 Å². The standard InChI is InChI=1S/C21H32N2O5/c1-11-7-21(28-13(3)24)8-12(2)15(11)16-17(21)19(27)23(18(16)26)10-14(25)9-22-20(4,5)6/h7,12,14-17,22,25H,8-10H2,1-6H3. The second-order valence-electron chi connectivity index (χ2n) is 9.72. The Morgan fingerprint density at radius 3 is 2.54 bits per heavy atom. The van der Waals surface area contributed by atoms with E-state index in [1.807, 2.05) is 40.7 Å². The lowest BCUT2D eigenvalue weighted by molar-refractivity contribution is -0.173. The monoisotopic (exact) mass is 392 g/mol. The lowest BCUT2D eigenvalue weighted by atomic mass is 9.54. The lowest BCUT2D eigenvalue weighted by Gasteiger charge is -2.52. The van der Waals surface area contributed by atoms with E-state index in [-0.39, 0.29) is 42.3 Å². The molecular formula is C21H32N2O5. The first-order chi connectivity index (χ1) is 12.9. The van der Waals surface area contributed by atoms with Gasteiger partial charge in [0, 0.05) is 19.0 Å². The average molecular weight is 392 g/mol.